The fraction of sp³-hybridized carbons (Fsp3) is 0.919. The molecule has 0 aromatic carbocycles. The molecule has 48 heavy (non-hydrogen) atoms. The summed E-state index contributed by atoms with van der Waals surface area (Å²) in [6, 6.07) is -0.177. The first-order chi connectivity index (χ1) is 22.3. The van der Waals surface area contributed by atoms with Crippen LogP contribution < -0.4 is 0 Å². The summed E-state index contributed by atoms with van der Waals surface area (Å²) in [5.41, 5.74) is -0.370. The zero-order valence-corrected chi connectivity index (χ0v) is 31.7. The average Bonchev–Trinajstić information content (AvgIpc) is 3.34. The number of likely N-dealkylation sites (N-methyl/N-ethyl adjacent to an activating group) is 1. The first-order valence-electron chi connectivity index (χ1n) is 18.1. The van der Waals surface area contributed by atoms with Crippen molar-refractivity contribution in [3.8, 4) is 0 Å². The number of carbonyl (C=O) groups is 1. The number of ether oxygens (including phenoxy) is 7. The molecule has 4 rings (SSSR count). The number of rotatable bonds is 7. The summed E-state index contributed by atoms with van der Waals surface area (Å²) in [6.45, 7) is 19.7. The van der Waals surface area contributed by atoms with Gasteiger partial charge in [0.1, 0.15) is 29.7 Å². The minimum absolute atomic E-state index is 0.123. The normalized spacial score (nSPS) is 48.0. The van der Waals surface area contributed by atoms with Crippen molar-refractivity contribution in [2.75, 3.05) is 21.2 Å². The summed E-state index contributed by atoms with van der Waals surface area (Å²) < 4.78 is 45.4. The molecule has 11 heteroatoms. The maximum atomic E-state index is 14.1. The fourth-order valence-corrected chi connectivity index (χ4v) is 8.73. The van der Waals surface area contributed by atoms with Crippen molar-refractivity contribution >= 4 is 5.97 Å². The quantitative estimate of drug-likeness (QED) is 0.360. The molecule has 0 amide bonds. The standard InChI is InChI=1S/C37H65NO10/c1-14-27-22(5)29(39)23(6)31-19(2)16-37(10,48-31)33(47-35-30(40)26(38(11)12)15-20(3)44-35)24(7)32(25(8)34(41)45-27)46-28-18-36(9,42-13)17-21(4)43-28/h20-30,32-33,35,39-40H,14-18H2,1-13H3/t20-,21+,22+,23+,24+,25-,26+,27+,28+,29+,30-,32+,33-,35+,36+,37-/m1/s1. The third-order valence-corrected chi connectivity index (χ3v) is 11.6. The van der Waals surface area contributed by atoms with Gasteiger partial charge in [-0.1, -0.05) is 27.7 Å². The van der Waals surface area contributed by atoms with Gasteiger partial charge in [0.15, 0.2) is 12.6 Å². The Kier molecular flexibility index (Phi) is 12.8. The molecular formula is C37H65NO10. The summed E-state index contributed by atoms with van der Waals surface area (Å²) in [5.74, 6) is -1.60. The summed E-state index contributed by atoms with van der Waals surface area (Å²) in [7, 11) is 5.59. The maximum absolute atomic E-state index is 14.1. The number of aliphatic hydroxyl groups excluding tert-OH is 2. The number of carbonyl (C=O) groups excluding carboxylic acids is 1. The summed E-state index contributed by atoms with van der Waals surface area (Å²) in [4.78, 5) is 16.1. The molecule has 0 aromatic rings. The number of fused-ring (bicyclic) bond motifs is 2. The largest absolute Gasteiger partial charge is 0.489 e. The average molecular weight is 684 g/mol. The lowest BCUT2D eigenvalue weighted by atomic mass is 9.79. The van der Waals surface area contributed by atoms with Gasteiger partial charge in [0.25, 0.3) is 0 Å². The zero-order chi connectivity index (χ0) is 35.9. The van der Waals surface area contributed by atoms with Crippen molar-refractivity contribution < 1.29 is 48.2 Å². The Labute approximate surface area is 288 Å². The second-order valence-electron chi connectivity index (χ2n) is 16.1. The molecule has 278 valence electrons. The highest BCUT2D eigenvalue weighted by Gasteiger charge is 2.54. The molecular weight excluding hydrogens is 618 g/mol. The molecule has 3 saturated heterocycles. The van der Waals surface area contributed by atoms with E-state index in [9.17, 15) is 15.0 Å². The molecule has 0 unspecified atom stereocenters. The molecule has 3 fully saturated rings. The van der Waals surface area contributed by atoms with E-state index in [0.29, 0.717) is 37.9 Å². The van der Waals surface area contributed by atoms with E-state index < -0.39 is 72.1 Å². The number of esters is 1. The van der Waals surface area contributed by atoms with Gasteiger partial charge in [-0.2, -0.15) is 0 Å². The third kappa shape index (κ3) is 8.25. The van der Waals surface area contributed by atoms with Crippen LogP contribution >= 0.6 is 0 Å². The Bertz CT molecular complexity index is 1130. The first kappa shape index (κ1) is 39.5. The van der Waals surface area contributed by atoms with Crippen LogP contribution in [0.2, 0.25) is 0 Å². The molecule has 2 bridgehead atoms. The number of aliphatic hydroxyl groups is 2. The summed E-state index contributed by atoms with van der Waals surface area (Å²) in [6.07, 6.45) is -2.65. The van der Waals surface area contributed by atoms with Crippen LogP contribution in [0.1, 0.15) is 101 Å². The van der Waals surface area contributed by atoms with Gasteiger partial charge in [0, 0.05) is 50.2 Å². The van der Waals surface area contributed by atoms with Crippen LogP contribution in [0.15, 0.2) is 11.3 Å². The van der Waals surface area contributed by atoms with Crippen molar-refractivity contribution in [1.82, 2.24) is 4.90 Å². The van der Waals surface area contributed by atoms with E-state index in [-0.39, 0.29) is 30.1 Å². The Morgan fingerprint density at radius 3 is 2.19 bits per heavy atom. The van der Waals surface area contributed by atoms with Crippen molar-refractivity contribution in [3.05, 3.63) is 11.3 Å². The Hall–Kier alpha value is -1.31. The van der Waals surface area contributed by atoms with E-state index in [1.165, 1.54) is 0 Å². The van der Waals surface area contributed by atoms with Gasteiger partial charge in [-0.15, -0.1) is 0 Å². The van der Waals surface area contributed by atoms with Gasteiger partial charge in [-0.05, 0) is 74.1 Å². The maximum Gasteiger partial charge on any atom is 0.311 e. The van der Waals surface area contributed by atoms with E-state index in [0.717, 1.165) is 5.57 Å². The third-order valence-electron chi connectivity index (χ3n) is 11.6. The fourth-order valence-electron chi connectivity index (χ4n) is 8.73. The monoisotopic (exact) mass is 683 g/mol. The van der Waals surface area contributed by atoms with Crippen molar-refractivity contribution in [3.63, 3.8) is 0 Å². The lowest BCUT2D eigenvalue weighted by molar-refractivity contribution is -0.308. The molecule has 16 atom stereocenters. The Balaban J connectivity index is 1.81. The van der Waals surface area contributed by atoms with Crippen LogP contribution in [0, 0.1) is 23.7 Å². The minimum Gasteiger partial charge on any atom is -0.489 e. The Morgan fingerprint density at radius 2 is 1.58 bits per heavy atom. The second kappa shape index (κ2) is 15.5. The summed E-state index contributed by atoms with van der Waals surface area (Å²) in [5, 5.41) is 23.2. The number of methoxy groups -OCH3 is 1. The highest BCUT2D eigenvalue weighted by molar-refractivity contribution is 5.73. The molecule has 0 aliphatic carbocycles. The first-order valence-corrected chi connectivity index (χ1v) is 18.1. The molecule has 4 aliphatic heterocycles. The number of hydrogen-bond donors (Lipinski definition) is 2. The number of cyclic esters (lactones) is 1. The Morgan fingerprint density at radius 1 is 0.917 bits per heavy atom. The minimum atomic E-state index is -0.952. The molecule has 0 saturated carbocycles. The zero-order valence-electron chi connectivity index (χ0n) is 31.7. The van der Waals surface area contributed by atoms with Crippen molar-refractivity contribution in [2.24, 2.45) is 23.7 Å². The van der Waals surface area contributed by atoms with E-state index in [1.807, 2.05) is 88.2 Å². The molecule has 4 heterocycles. The molecule has 0 aromatic heterocycles. The van der Waals surface area contributed by atoms with Gasteiger partial charge < -0.3 is 48.3 Å². The van der Waals surface area contributed by atoms with Crippen molar-refractivity contribution in [2.45, 2.75) is 174 Å². The van der Waals surface area contributed by atoms with Crippen LogP contribution in [0.25, 0.3) is 0 Å². The lowest BCUT2D eigenvalue weighted by Gasteiger charge is -2.48. The van der Waals surface area contributed by atoms with E-state index in [1.54, 1.807) is 7.11 Å². The van der Waals surface area contributed by atoms with Gasteiger partial charge in [-0.3, -0.25) is 4.79 Å². The van der Waals surface area contributed by atoms with E-state index >= 15 is 0 Å². The van der Waals surface area contributed by atoms with Gasteiger partial charge in [0.2, 0.25) is 0 Å². The predicted molar refractivity (Wildman–Crippen MR) is 181 cm³/mol. The molecule has 0 spiro atoms. The summed E-state index contributed by atoms with van der Waals surface area (Å²) >= 11 is 0. The number of hydrogen-bond acceptors (Lipinski definition) is 11. The SMILES string of the molecule is CC[C@@H]1OC(=O)[C@H](C)[C@@H](O[C@H]2C[C@@](C)(OC)C[C@H](C)O2)[C@H](C)[C@@H](O[C@@H]2O[C@H](C)C[C@H](N(C)C)[C@H]2O)[C@@]2(C)CC(C)=C(O2)[C@@H](C)[C@@H](O)[C@H]1C. The molecule has 2 N–H and O–H groups in total. The van der Waals surface area contributed by atoms with Gasteiger partial charge in [-0.25, -0.2) is 0 Å². The highest BCUT2D eigenvalue weighted by Crippen LogP contribution is 2.47. The van der Waals surface area contributed by atoms with Gasteiger partial charge in [0.05, 0.1) is 35.9 Å². The van der Waals surface area contributed by atoms with Crippen LogP contribution in [-0.2, 0) is 38.0 Å². The molecule has 11 nitrogen and oxygen atoms in total. The van der Waals surface area contributed by atoms with Crippen LogP contribution in [-0.4, -0.2) is 115 Å². The molecule has 4 aliphatic rings. The van der Waals surface area contributed by atoms with Crippen LogP contribution in [0.5, 0.6) is 0 Å². The lowest BCUT2D eigenvalue weighted by Crippen LogP contribution is -2.59. The number of nitrogens with zero attached hydrogens (tertiary/aromatic N) is 1. The molecule has 0 radical (unpaired) electrons. The van der Waals surface area contributed by atoms with E-state index in [2.05, 4.69) is 0 Å². The van der Waals surface area contributed by atoms with E-state index in [4.69, 9.17) is 33.2 Å². The highest BCUT2D eigenvalue weighted by atomic mass is 16.7. The van der Waals surface area contributed by atoms with Gasteiger partial charge >= 0.3 is 5.97 Å². The smallest absolute Gasteiger partial charge is 0.311 e. The van der Waals surface area contributed by atoms with Crippen LogP contribution in [0.4, 0.5) is 0 Å². The topological polar surface area (TPSA) is 125 Å². The van der Waals surface area contributed by atoms with Crippen molar-refractivity contribution in [1.29, 1.82) is 0 Å². The predicted octanol–water partition coefficient (Wildman–Crippen LogP) is 4.81. The van der Waals surface area contributed by atoms with Crippen LogP contribution in [0.3, 0.4) is 0 Å². The second-order valence-corrected chi connectivity index (χ2v) is 16.1.